The highest BCUT2D eigenvalue weighted by Crippen LogP contribution is 2.33. The molecular weight excluding hydrogens is 260 g/mol. The summed E-state index contributed by atoms with van der Waals surface area (Å²) in [5, 5.41) is 10.5. The Labute approximate surface area is 119 Å². The summed E-state index contributed by atoms with van der Waals surface area (Å²) in [5.41, 5.74) is 0.978. The number of rotatable bonds is 4. The van der Waals surface area contributed by atoms with E-state index in [0.717, 1.165) is 41.7 Å². The Morgan fingerprint density at radius 1 is 1.47 bits per heavy atom. The van der Waals surface area contributed by atoms with Crippen molar-refractivity contribution in [2.45, 2.75) is 51.7 Å². The number of anilines is 1. The van der Waals surface area contributed by atoms with Crippen LogP contribution in [0.15, 0.2) is 0 Å². The van der Waals surface area contributed by atoms with Crippen molar-refractivity contribution in [1.82, 2.24) is 4.98 Å². The van der Waals surface area contributed by atoms with Crippen LogP contribution < -0.4 is 4.90 Å². The highest BCUT2D eigenvalue weighted by molar-refractivity contribution is 7.15. The zero-order valence-electron chi connectivity index (χ0n) is 12.3. The summed E-state index contributed by atoms with van der Waals surface area (Å²) in [6.45, 7) is 8.22. The van der Waals surface area contributed by atoms with Crippen LogP contribution in [-0.4, -0.2) is 36.4 Å². The Bertz CT molecular complexity index is 420. The normalized spacial score (nSPS) is 19.9. The van der Waals surface area contributed by atoms with E-state index in [2.05, 4.69) is 25.7 Å². The third-order valence-electron chi connectivity index (χ3n) is 3.37. The zero-order chi connectivity index (χ0) is 14.0. The van der Waals surface area contributed by atoms with Crippen molar-refractivity contribution in [3.8, 4) is 0 Å². The molecule has 0 bridgehead atoms. The fraction of sp³-hybridized carbons (Fsp3) is 0.786. The number of likely N-dealkylation sites (N-methyl/N-ethyl adjacent to an activating group) is 1. The van der Waals surface area contributed by atoms with Crippen molar-refractivity contribution in [1.29, 1.82) is 0 Å². The molecule has 5 heteroatoms. The van der Waals surface area contributed by atoms with Gasteiger partial charge in [0, 0.05) is 25.6 Å². The van der Waals surface area contributed by atoms with Gasteiger partial charge in [-0.3, -0.25) is 0 Å². The van der Waals surface area contributed by atoms with Gasteiger partial charge in [-0.15, -0.1) is 0 Å². The number of hydrogen-bond donors (Lipinski definition) is 1. The fourth-order valence-corrected chi connectivity index (χ4v) is 3.47. The van der Waals surface area contributed by atoms with Gasteiger partial charge in [0.15, 0.2) is 5.13 Å². The smallest absolute Gasteiger partial charge is 0.185 e. The van der Waals surface area contributed by atoms with Crippen molar-refractivity contribution in [2.24, 2.45) is 0 Å². The van der Waals surface area contributed by atoms with Crippen molar-refractivity contribution in [3.63, 3.8) is 0 Å². The summed E-state index contributed by atoms with van der Waals surface area (Å²) in [6.07, 6.45) is 2.62. The Hall–Kier alpha value is -0.650. The molecule has 1 aliphatic rings. The van der Waals surface area contributed by atoms with E-state index in [0.29, 0.717) is 6.10 Å². The predicted octanol–water partition coefficient (Wildman–Crippen LogP) is 2.55. The molecule has 2 rings (SSSR count). The van der Waals surface area contributed by atoms with Crippen LogP contribution in [0.3, 0.4) is 0 Å². The molecule has 1 N–H and O–H groups in total. The first kappa shape index (κ1) is 14.8. The van der Waals surface area contributed by atoms with Crippen molar-refractivity contribution in [2.75, 3.05) is 25.1 Å². The lowest BCUT2D eigenvalue weighted by Crippen LogP contribution is -2.28. The molecule has 1 aromatic rings. The van der Waals surface area contributed by atoms with Crippen LogP contribution in [0.25, 0.3) is 0 Å². The van der Waals surface area contributed by atoms with E-state index in [1.165, 1.54) is 0 Å². The Balaban J connectivity index is 2.13. The molecule has 0 aromatic carbocycles. The second-order valence-corrected chi connectivity index (χ2v) is 7.25. The molecule has 1 aromatic heterocycles. The molecule has 19 heavy (non-hydrogen) atoms. The minimum absolute atomic E-state index is 0.0302. The number of aromatic nitrogens is 1. The molecule has 108 valence electrons. The number of thiazole rings is 1. The molecule has 1 fully saturated rings. The second kappa shape index (κ2) is 5.77. The monoisotopic (exact) mass is 284 g/mol. The first-order valence-corrected chi connectivity index (χ1v) is 7.67. The van der Waals surface area contributed by atoms with Gasteiger partial charge < -0.3 is 14.7 Å². The average Bonchev–Trinajstić information content (AvgIpc) is 2.95. The molecule has 1 unspecified atom stereocenters. The van der Waals surface area contributed by atoms with Crippen LogP contribution in [0.4, 0.5) is 5.13 Å². The largest absolute Gasteiger partial charge is 0.391 e. The predicted molar refractivity (Wildman–Crippen MR) is 79.0 cm³/mol. The topological polar surface area (TPSA) is 45.6 Å². The van der Waals surface area contributed by atoms with E-state index in [-0.39, 0.29) is 12.0 Å². The summed E-state index contributed by atoms with van der Waals surface area (Å²) < 4.78 is 5.66. The third kappa shape index (κ3) is 3.46. The van der Waals surface area contributed by atoms with Gasteiger partial charge in [-0.05, 0) is 12.8 Å². The summed E-state index contributed by atoms with van der Waals surface area (Å²) in [7, 11) is 2.05. The van der Waals surface area contributed by atoms with Crippen molar-refractivity contribution >= 4 is 16.5 Å². The van der Waals surface area contributed by atoms with Gasteiger partial charge >= 0.3 is 0 Å². The highest BCUT2D eigenvalue weighted by atomic mass is 32.1. The van der Waals surface area contributed by atoms with Crippen LogP contribution in [0.1, 0.15) is 44.2 Å². The van der Waals surface area contributed by atoms with Gasteiger partial charge in [-0.1, -0.05) is 32.1 Å². The Morgan fingerprint density at radius 3 is 2.68 bits per heavy atom. The fourth-order valence-electron chi connectivity index (χ4n) is 2.37. The Kier molecular flexibility index (Phi) is 4.48. The molecule has 1 aliphatic heterocycles. The van der Waals surface area contributed by atoms with E-state index in [9.17, 15) is 5.11 Å². The standard InChI is InChI=1S/C14H24N2O2S/c1-14(2,3)12-11(9-17)19-13(15-12)16(4)8-10-6-5-7-18-10/h10,17H,5-9H2,1-4H3. The number of aliphatic hydroxyl groups excluding tert-OH is 1. The highest BCUT2D eigenvalue weighted by Gasteiger charge is 2.25. The lowest BCUT2D eigenvalue weighted by Gasteiger charge is -2.20. The molecule has 4 nitrogen and oxygen atoms in total. The van der Waals surface area contributed by atoms with Crippen molar-refractivity contribution in [3.05, 3.63) is 10.6 Å². The van der Waals surface area contributed by atoms with E-state index in [1.807, 2.05) is 7.05 Å². The number of hydrogen-bond acceptors (Lipinski definition) is 5. The quantitative estimate of drug-likeness (QED) is 0.923. The molecule has 0 radical (unpaired) electrons. The first-order valence-electron chi connectivity index (χ1n) is 6.85. The zero-order valence-corrected chi connectivity index (χ0v) is 13.1. The minimum Gasteiger partial charge on any atom is -0.391 e. The van der Waals surface area contributed by atoms with E-state index < -0.39 is 0 Å². The van der Waals surface area contributed by atoms with Gasteiger partial charge in [0.1, 0.15) is 0 Å². The average molecular weight is 284 g/mol. The second-order valence-electron chi connectivity index (χ2n) is 6.19. The van der Waals surface area contributed by atoms with E-state index in [1.54, 1.807) is 11.3 Å². The van der Waals surface area contributed by atoms with Gasteiger partial charge in [-0.2, -0.15) is 0 Å². The maximum Gasteiger partial charge on any atom is 0.185 e. The SMILES string of the molecule is CN(CC1CCCO1)c1nc(C(C)(C)C)c(CO)s1. The Morgan fingerprint density at radius 2 is 2.21 bits per heavy atom. The number of ether oxygens (including phenoxy) is 1. The van der Waals surface area contributed by atoms with E-state index >= 15 is 0 Å². The van der Waals surface area contributed by atoms with Gasteiger partial charge in [0.25, 0.3) is 0 Å². The molecule has 1 atom stereocenters. The summed E-state index contributed by atoms with van der Waals surface area (Å²) >= 11 is 1.59. The maximum absolute atomic E-state index is 9.49. The lowest BCUT2D eigenvalue weighted by atomic mass is 9.91. The maximum atomic E-state index is 9.49. The van der Waals surface area contributed by atoms with Crippen LogP contribution >= 0.6 is 11.3 Å². The summed E-state index contributed by atoms with van der Waals surface area (Å²) in [4.78, 5) is 7.84. The number of nitrogens with zero attached hydrogens (tertiary/aromatic N) is 2. The van der Waals surface area contributed by atoms with Crippen LogP contribution in [0, 0.1) is 0 Å². The molecule has 0 aliphatic carbocycles. The van der Waals surface area contributed by atoms with Crippen molar-refractivity contribution < 1.29 is 9.84 Å². The molecule has 1 saturated heterocycles. The molecule has 0 saturated carbocycles. The molecule has 0 spiro atoms. The molecule has 2 heterocycles. The van der Waals surface area contributed by atoms with Gasteiger partial charge in [-0.25, -0.2) is 4.98 Å². The van der Waals surface area contributed by atoms with Gasteiger partial charge in [0.2, 0.25) is 0 Å². The van der Waals surface area contributed by atoms with Crippen LogP contribution in [0.5, 0.6) is 0 Å². The third-order valence-corrected chi connectivity index (χ3v) is 4.52. The van der Waals surface area contributed by atoms with Crippen LogP contribution in [0.2, 0.25) is 0 Å². The summed E-state index contributed by atoms with van der Waals surface area (Å²) in [5.74, 6) is 0. The first-order chi connectivity index (χ1) is 8.91. The lowest BCUT2D eigenvalue weighted by molar-refractivity contribution is 0.116. The van der Waals surface area contributed by atoms with Gasteiger partial charge in [0.05, 0.1) is 23.3 Å². The number of aliphatic hydroxyl groups is 1. The van der Waals surface area contributed by atoms with Crippen LogP contribution in [-0.2, 0) is 16.8 Å². The molecule has 0 amide bonds. The van der Waals surface area contributed by atoms with E-state index in [4.69, 9.17) is 9.72 Å². The molecular formula is C14H24N2O2S. The summed E-state index contributed by atoms with van der Waals surface area (Å²) in [6, 6.07) is 0. The minimum atomic E-state index is -0.0302.